The van der Waals surface area contributed by atoms with E-state index in [0.717, 1.165) is 42.5 Å². The van der Waals surface area contributed by atoms with Crippen molar-refractivity contribution in [2.45, 2.75) is 91.0 Å². The number of methoxy groups -OCH3 is 2. The number of likely N-dealkylation sites (tertiary alicyclic amines) is 1. The fourth-order valence-electron chi connectivity index (χ4n) is 8.69. The summed E-state index contributed by atoms with van der Waals surface area (Å²) >= 11 is 6.89. The molecule has 2 aromatic carbocycles. The van der Waals surface area contributed by atoms with Gasteiger partial charge in [-0.25, -0.2) is 4.68 Å². The molecule has 2 amide bonds. The fraction of sp³-hybridized carbons (Fsp3) is 0.575. The smallest absolute Gasteiger partial charge is 0.312 e. The quantitative estimate of drug-likeness (QED) is 0.231. The number of benzene rings is 2. The van der Waals surface area contributed by atoms with E-state index < -0.39 is 23.3 Å². The molecule has 4 aliphatic rings. The van der Waals surface area contributed by atoms with Crippen LogP contribution in [0.4, 0.5) is 0 Å². The minimum absolute atomic E-state index is 0.000305. The maximum atomic E-state index is 15.1. The lowest BCUT2D eigenvalue weighted by molar-refractivity contribution is -0.169. The summed E-state index contributed by atoms with van der Waals surface area (Å²) in [5, 5.41) is 9.15. The highest BCUT2D eigenvalue weighted by Gasteiger charge is 2.54. The van der Waals surface area contributed by atoms with E-state index in [-0.39, 0.29) is 30.4 Å². The number of ether oxygens (including phenoxy) is 4. The highest BCUT2D eigenvalue weighted by Crippen LogP contribution is 2.54. The number of nitrogens with zero attached hydrogens (tertiary/aromatic N) is 5. The molecular weight excluding hydrogens is 712 g/mol. The van der Waals surface area contributed by atoms with E-state index in [9.17, 15) is 9.59 Å². The maximum absolute atomic E-state index is 15.1. The predicted octanol–water partition coefficient (Wildman–Crippen LogP) is 5.17. The number of rotatable bonds is 13. The molecule has 3 aromatic rings. The van der Waals surface area contributed by atoms with Gasteiger partial charge in [0.1, 0.15) is 36.2 Å². The Kier molecular flexibility index (Phi) is 10.8. The summed E-state index contributed by atoms with van der Waals surface area (Å²) in [4.78, 5) is 46.5. The van der Waals surface area contributed by atoms with Gasteiger partial charge in [0.05, 0.1) is 43.8 Å². The van der Waals surface area contributed by atoms with E-state index in [1.807, 2.05) is 41.8 Å². The minimum Gasteiger partial charge on any atom is -0.497 e. The number of esters is 1. The molecule has 14 heteroatoms. The third kappa shape index (κ3) is 7.24. The number of fused-ring (bicyclic) bond motifs is 1. The zero-order chi connectivity index (χ0) is 38.2. The predicted molar refractivity (Wildman–Crippen MR) is 200 cm³/mol. The molecule has 1 spiro atoms. The first-order chi connectivity index (χ1) is 26.0. The highest BCUT2D eigenvalue weighted by atomic mass is 35.5. The molecule has 2 aliphatic carbocycles. The largest absolute Gasteiger partial charge is 0.497 e. The molecule has 0 unspecified atom stereocenters. The van der Waals surface area contributed by atoms with Gasteiger partial charge in [-0.3, -0.25) is 14.4 Å². The number of nitrogens with two attached hydrogens (primary N) is 1. The van der Waals surface area contributed by atoms with Crippen LogP contribution in [0.2, 0.25) is 5.02 Å². The maximum Gasteiger partial charge on any atom is 0.312 e. The number of carbonyl (C=O) groups excluding carboxylic acids is 3. The van der Waals surface area contributed by atoms with Gasteiger partial charge in [-0.1, -0.05) is 29.7 Å². The van der Waals surface area contributed by atoms with Crippen molar-refractivity contribution >= 4 is 29.4 Å². The second kappa shape index (κ2) is 15.4. The molecule has 1 saturated heterocycles. The third-order valence-electron chi connectivity index (χ3n) is 12.2. The van der Waals surface area contributed by atoms with Gasteiger partial charge in [0.25, 0.3) is 0 Å². The summed E-state index contributed by atoms with van der Waals surface area (Å²) in [6.45, 7) is 6.31. The molecule has 2 N–H and O–H groups in total. The molecule has 3 atom stereocenters. The summed E-state index contributed by atoms with van der Waals surface area (Å²) in [5.74, 6) is 0.713. The Morgan fingerprint density at radius 3 is 2.59 bits per heavy atom. The van der Waals surface area contributed by atoms with Crippen LogP contribution in [0.25, 0.3) is 0 Å². The average Bonchev–Trinajstić information content (AvgIpc) is 3.74. The summed E-state index contributed by atoms with van der Waals surface area (Å²) in [7, 11) is 3.14. The Morgan fingerprint density at radius 2 is 1.87 bits per heavy atom. The van der Waals surface area contributed by atoms with Crippen molar-refractivity contribution in [3.05, 3.63) is 63.4 Å². The molecule has 290 valence electrons. The zero-order valence-electron chi connectivity index (χ0n) is 31.7. The summed E-state index contributed by atoms with van der Waals surface area (Å²) in [6, 6.07) is 8.49. The Hall–Kier alpha value is -4.36. The second-order valence-electron chi connectivity index (χ2n) is 15.6. The Labute approximate surface area is 321 Å². The third-order valence-corrected chi connectivity index (χ3v) is 12.6. The first kappa shape index (κ1) is 37.9. The van der Waals surface area contributed by atoms with Gasteiger partial charge in [0.2, 0.25) is 11.8 Å². The van der Waals surface area contributed by atoms with Gasteiger partial charge >= 0.3 is 5.97 Å². The standard InChI is InChI=1S/C40H51ClN6O7/c1-25-31(43-44-47(25)18-16-42)23-53-33-11-10-30(41)28-12-17-46(32(36(28)33)21-45-24-40(14-15-40)20-35(45)48)37(49)29-7-5-6-13-39(29,2)38(50)54-22-26-8-9-27(51-3)19-34(26)52-4/h8-11,19,29,32H,5-7,12-18,20-24,42H2,1-4H3/t29-,32+,39-/m0/s1. The first-order valence-corrected chi connectivity index (χ1v) is 19.4. The Morgan fingerprint density at radius 1 is 1.06 bits per heavy atom. The van der Waals surface area contributed by atoms with Crippen LogP contribution >= 0.6 is 11.6 Å². The normalized spacial score (nSPS) is 23.0. The van der Waals surface area contributed by atoms with Crippen LogP contribution in [-0.2, 0) is 45.3 Å². The number of hydrogen-bond acceptors (Lipinski definition) is 10. The van der Waals surface area contributed by atoms with Gasteiger partial charge in [0.15, 0.2) is 0 Å². The number of halogens is 1. The number of carbonyl (C=O) groups is 3. The summed E-state index contributed by atoms with van der Waals surface area (Å²) in [5.41, 5.74) is 8.70. The molecule has 3 heterocycles. The molecule has 0 bridgehead atoms. The summed E-state index contributed by atoms with van der Waals surface area (Å²) < 4.78 is 25.1. The van der Waals surface area contributed by atoms with Crippen LogP contribution in [0.15, 0.2) is 30.3 Å². The monoisotopic (exact) mass is 762 g/mol. The first-order valence-electron chi connectivity index (χ1n) is 19.0. The molecule has 0 radical (unpaired) electrons. The lowest BCUT2D eigenvalue weighted by atomic mass is 9.66. The lowest BCUT2D eigenvalue weighted by Gasteiger charge is -2.45. The molecular formula is C40H51ClN6O7. The van der Waals surface area contributed by atoms with Crippen molar-refractivity contribution in [3.8, 4) is 17.2 Å². The van der Waals surface area contributed by atoms with Crippen LogP contribution in [-0.4, -0.2) is 83.0 Å². The van der Waals surface area contributed by atoms with Crippen molar-refractivity contribution in [2.24, 2.45) is 22.5 Å². The average molecular weight is 763 g/mol. The lowest BCUT2D eigenvalue weighted by Crippen LogP contribution is -2.53. The Balaban J connectivity index is 1.18. The van der Waals surface area contributed by atoms with E-state index in [2.05, 4.69) is 10.3 Å². The van der Waals surface area contributed by atoms with Gasteiger partial charge in [-0.15, -0.1) is 5.10 Å². The van der Waals surface area contributed by atoms with Crippen LogP contribution in [0, 0.1) is 23.7 Å². The second-order valence-corrected chi connectivity index (χ2v) is 16.0. The van der Waals surface area contributed by atoms with E-state index in [1.54, 1.807) is 31.0 Å². The van der Waals surface area contributed by atoms with E-state index >= 15 is 4.79 Å². The van der Waals surface area contributed by atoms with Gasteiger partial charge in [0, 0.05) is 54.8 Å². The molecule has 1 aromatic heterocycles. The van der Waals surface area contributed by atoms with E-state index in [0.29, 0.717) is 91.9 Å². The van der Waals surface area contributed by atoms with Crippen molar-refractivity contribution in [1.29, 1.82) is 0 Å². The van der Waals surface area contributed by atoms with Gasteiger partial charge < -0.3 is 34.5 Å². The van der Waals surface area contributed by atoms with Crippen molar-refractivity contribution in [3.63, 3.8) is 0 Å². The topological polar surface area (TPSA) is 151 Å². The van der Waals surface area contributed by atoms with Gasteiger partial charge in [-0.2, -0.15) is 0 Å². The van der Waals surface area contributed by atoms with Crippen LogP contribution in [0.1, 0.15) is 86.0 Å². The molecule has 54 heavy (non-hydrogen) atoms. The van der Waals surface area contributed by atoms with Crippen molar-refractivity contribution < 1.29 is 33.3 Å². The number of hydrogen-bond donors (Lipinski definition) is 1. The number of amides is 2. The fourth-order valence-corrected chi connectivity index (χ4v) is 8.95. The van der Waals surface area contributed by atoms with E-state index in [4.69, 9.17) is 36.3 Å². The Bertz CT molecular complexity index is 1910. The van der Waals surface area contributed by atoms with Gasteiger partial charge in [-0.05, 0) is 81.2 Å². The molecule has 3 fully saturated rings. The highest BCUT2D eigenvalue weighted by molar-refractivity contribution is 6.31. The summed E-state index contributed by atoms with van der Waals surface area (Å²) in [6.07, 6.45) is 5.80. The van der Waals surface area contributed by atoms with Crippen LogP contribution < -0.4 is 19.9 Å². The van der Waals surface area contributed by atoms with Crippen LogP contribution in [0.3, 0.4) is 0 Å². The minimum atomic E-state index is -1.05. The molecule has 2 aliphatic heterocycles. The zero-order valence-corrected chi connectivity index (χ0v) is 32.5. The molecule has 2 saturated carbocycles. The number of aromatic nitrogens is 3. The van der Waals surface area contributed by atoms with Crippen molar-refractivity contribution in [1.82, 2.24) is 24.8 Å². The van der Waals surface area contributed by atoms with E-state index in [1.165, 1.54) is 0 Å². The molecule has 7 rings (SSSR count). The SMILES string of the molecule is COc1ccc(COC(=O)[C@@]2(C)CCCC[C@H]2C(=O)N2CCc3c(Cl)ccc(OCc4nnn(CCN)c4C)c3[C@H]2CN2CC3(CC3)CC2=O)c(OC)c1. The van der Waals surface area contributed by atoms with Crippen LogP contribution in [0.5, 0.6) is 17.2 Å². The van der Waals surface area contributed by atoms with Crippen molar-refractivity contribution in [2.75, 3.05) is 40.4 Å². The molecule has 13 nitrogen and oxygen atoms in total.